The number of β-amino-alcohol motifs (C(OH)–C–C–N with tert-alkyl or cyclic N) is 1. The number of fused-ring (bicyclic) bond motifs is 1. The van der Waals surface area contributed by atoms with Gasteiger partial charge in [-0.15, -0.1) is 0 Å². The molecule has 2 N–H and O–H groups in total. The van der Waals surface area contributed by atoms with Gasteiger partial charge in [0.2, 0.25) is 0 Å². The third-order valence-electron chi connectivity index (χ3n) is 5.73. The van der Waals surface area contributed by atoms with Crippen molar-refractivity contribution in [2.45, 2.75) is 18.8 Å². The average molecular weight is 467 g/mol. The molecule has 1 aliphatic rings. The number of benzene rings is 1. The number of carbonyl (C=O) groups is 1. The van der Waals surface area contributed by atoms with Crippen molar-refractivity contribution < 1.29 is 23.1 Å². The summed E-state index contributed by atoms with van der Waals surface area (Å²) in [4.78, 5) is 23.5. The van der Waals surface area contributed by atoms with Crippen LogP contribution in [0, 0.1) is 0 Å². The first-order valence-corrected chi connectivity index (χ1v) is 10.6. The molecule has 34 heavy (non-hydrogen) atoms. The molecular formula is C24H20F3N5O2. The number of hydrogen-bond donors (Lipinski definition) is 2. The Balaban J connectivity index is 1.42. The zero-order valence-electron chi connectivity index (χ0n) is 17.8. The van der Waals surface area contributed by atoms with Gasteiger partial charge in [-0.2, -0.15) is 13.2 Å². The first kappa shape index (κ1) is 21.9. The van der Waals surface area contributed by atoms with Gasteiger partial charge in [0.25, 0.3) is 5.91 Å². The van der Waals surface area contributed by atoms with Gasteiger partial charge in [-0.3, -0.25) is 9.78 Å². The molecule has 4 heterocycles. The van der Waals surface area contributed by atoms with Crippen molar-refractivity contribution in [1.29, 1.82) is 0 Å². The number of anilines is 2. The molecular weight excluding hydrogens is 447 g/mol. The molecule has 0 spiro atoms. The number of nitrogens with zero attached hydrogens (tertiary/aromatic N) is 4. The largest absolute Gasteiger partial charge is 0.416 e. The fourth-order valence-electron chi connectivity index (χ4n) is 3.97. The second kappa shape index (κ2) is 8.45. The Morgan fingerprint density at radius 1 is 1.12 bits per heavy atom. The highest BCUT2D eigenvalue weighted by Crippen LogP contribution is 2.30. The molecule has 0 unspecified atom stereocenters. The van der Waals surface area contributed by atoms with Crippen molar-refractivity contribution in [1.82, 2.24) is 14.5 Å². The van der Waals surface area contributed by atoms with E-state index in [4.69, 9.17) is 0 Å². The summed E-state index contributed by atoms with van der Waals surface area (Å²) in [6.07, 6.45) is -0.108. The lowest BCUT2D eigenvalue weighted by molar-refractivity contribution is -0.137. The summed E-state index contributed by atoms with van der Waals surface area (Å²) in [6.45, 7) is 1.10. The van der Waals surface area contributed by atoms with Gasteiger partial charge in [0, 0.05) is 31.2 Å². The van der Waals surface area contributed by atoms with Crippen LogP contribution in [0.4, 0.5) is 24.7 Å². The minimum atomic E-state index is -4.45. The number of aliphatic hydroxyl groups is 1. The standard InChI is InChI=1S/C24H20F3N5O2/c25-24(26,27)17-3-1-2-15(8-17)12-32-20(9-16-6-7-28-11-21(16)32)23(34)30-18-4-5-22(29-10-18)31-13-19(33)14-31/h1-11,19,33H,12-14H2,(H,30,34). The Hall–Kier alpha value is -3.92. The Kier molecular flexibility index (Phi) is 5.45. The van der Waals surface area contributed by atoms with E-state index in [2.05, 4.69) is 15.3 Å². The number of aliphatic hydroxyl groups excluding tert-OH is 1. The van der Waals surface area contributed by atoms with Gasteiger partial charge in [0.05, 0.1) is 35.3 Å². The molecule has 10 heteroatoms. The lowest BCUT2D eigenvalue weighted by atomic mass is 10.1. The highest BCUT2D eigenvalue weighted by Gasteiger charge is 2.30. The molecule has 0 radical (unpaired) electrons. The van der Waals surface area contributed by atoms with Crippen molar-refractivity contribution in [3.63, 3.8) is 0 Å². The van der Waals surface area contributed by atoms with Crippen LogP contribution >= 0.6 is 0 Å². The van der Waals surface area contributed by atoms with E-state index in [1.165, 1.54) is 12.3 Å². The highest BCUT2D eigenvalue weighted by molar-refractivity contribution is 6.06. The Morgan fingerprint density at radius 3 is 2.65 bits per heavy atom. The van der Waals surface area contributed by atoms with Gasteiger partial charge >= 0.3 is 6.18 Å². The van der Waals surface area contributed by atoms with Crippen LogP contribution in [0.15, 0.2) is 67.1 Å². The number of rotatable bonds is 5. The molecule has 1 saturated heterocycles. The molecule has 174 valence electrons. The fourth-order valence-corrected chi connectivity index (χ4v) is 3.97. The second-order valence-electron chi connectivity index (χ2n) is 8.17. The number of halogens is 3. The van der Waals surface area contributed by atoms with Crippen molar-refractivity contribution in [3.05, 3.63) is 83.9 Å². The average Bonchev–Trinajstić information content (AvgIpc) is 3.16. The third-order valence-corrected chi connectivity index (χ3v) is 5.73. The molecule has 7 nitrogen and oxygen atoms in total. The molecule has 0 bridgehead atoms. The highest BCUT2D eigenvalue weighted by atomic mass is 19.4. The molecule has 1 aliphatic heterocycles. The monoisotopic (exact) mass is 467 g/mol. The number of hydrogen-bond acceptors (Lipinski definition) is 5. The number of pyridine rings is 2. The van der Waals surface area contributed by atoms with Crippen molar-refractivity contribution in [2.24, 2.45) is 0 Å². The predicted octanol–water partition coefficient (Wildman–Crippen LogP) is 3.93. The Bertz CT molecular complexity index is 1340. The first-order valence-electron chi connectivity index (χ1n) is 10.6. The van der Waals surface area contributed by atoms with E-state index in [-0.39, 0.29) is 18.3 Å². The van der Waals surface area contributed by atoms with E-state index in [0.29, 0.717) is 35.7 Å². The minimum Gasteiger partial charge on any atom is -0.389 e. The van der Waals surface area contributed by atoms with Gasteiger partial charge in [-0.1, -0.05) is 12.1 Å². The van der Waals surface area contributed by atoms with E-state index in [0.717, 1.165) is 17.5 Å². The Morgan fingerprint density at radius 2 is 1.94 bits per heavy atom. The van der Waals surface area contributed by atoms with Gasteiger partial charge in [-0.25, -0.2) is 4.98 Å². The summed E-state index contributed by atoms with van der Waals surface area (Å²) >= 11 is 0. The van der Waals surface area contributed by atoms with Crippen LogP contribution in [0.5, 0.6) is 0 Å². The topological polar surface area (TPSA) is 83.3 Å². The maximum Gasteiger partial charge on any atom is 0.416 e. The fraction of sp³-hybridized carbons (Fsp3) is 0.208. The van der Waals surface area contributed by atoms with E-state index in [9.17, 15) is 23.1 Å². The Labute approximate surface area is 192 Å². The van der Waals surface area contributed by atoms with Crippen molar-refractivity contribution in [3.8, 4) is 0 Å². The van der Waals surface area contributed by atoms with Crippen LogP contribution in [-0.4, -0.2) is 44.7 Å². The van der Waals surface area contributed by atoms with Crippen LogP contribution in [0.1, 0.15) is 21.6 Å². The lowest BCUT2D eigenvalue weighted by Gasteiger charge is -2.36. The second-order valence-corrected chi connectivity index (χ2v) is 8.17. The molecule has 0 atom stereocenters. The molecule has 1 amide bonds. The van der Waals surface area contributed by atoms with Gasteiger partial charge < -0.3 is 19.9 Å². The number of alkyl halides is 3. The van der Waals surface area contributed by atoms with Gasteiger partial charge in [-0.05, 0) is 42.0 Å². The number of aromatic nitrogens is 3. The quantitative estimate of drug-likeness (QED) is 0.465. The normalized spacial score (nSPS) is 14.3. The van der Waals surface area contributed by atoms with Crippen LogP contribution in [0.2, 0.25) is 0 Å². The molecule has 5 rings (SSSR count). The molecule has 3 aromatic heterocycles. The molecule has 4 aromatic rings. The minimum absolute atomic E-state index is 0.0658. The van der Waals surface area contributed by atoms with Crippen LogP contribution in [0.25, 0.3) is 10.9 Å². The van der Waals surface area contributed by atoms with Crippen molar-refractivity contribution >= 4 is 28.3 Å². The first-order chi connectivity index (χ1) is 16.3. The molecule has 1 aromatic carbocycles. The zero-order chi connectivity index (χ0) is 23.9. The number of carbonyl (C=O) groups excluding carboxylic acids is 1. The molecule has 0 aliphatic carbocycles. The SMILES string of the molecule is O=C(Nc1ccc(N2CC(O)C2)nc1)c1cc2ccncc2n1Cc1cccc(C(F)(F)F)c1. The number of amides is 1. The summed E-state index contributed by atoms with van der Waals surface area (Å²) in [5.41, 5.74) is 1.06. The molecule has 0 saturated carbocycles. The summed E-state index contributed by atoms with van der Waals surface area (Å²) < 4.78 is 41.2. The third kappa shape index (κ3) is 4.32. The summed E-state index contributed by atoms with van der Waals surface area (Å²) in [7, 11) is 0. The lowest BCUT2D eigenvalue weighted by Crippen LogP contribution is -2.51. The maximum absolute atomic E-state index is 13.2. The summed E-state index contributed by atoms with van der Waals surface area (Å²) in [6, 6.07) is 11.9. The van der Waals surface area contributed by atoms with Crippen molar-refractivity contribution in [2.75, 3.05) is 23.3 Å². The predicted molar refractivity (Wildman–Crippen MR) is 121 cm³/mol. The smallest absolute Gasteiger partial charge is 0.389 e. The van der Waals surface area contributed by atoms with E-state index < -0.39 is 17.6 Å². The van der Waals surface area contributed by atoms with Crippen LogP contribution < -0.4 is 10.2 Å². The van der Waals surface area contributed by atoms with Gasteiger partial charge in [0.15, 0.2) is 0 Å². The number of nitrogens with one attached hydrogen (secondary N) is 1. The van der Waals surface area contributed by atoms with E-state index in [1.54, 1.807) is 47.3 Å². The molecule has 1 fully saturated rings. The van der Waals surface area contributed by atoms with E-state index in [1.807, 2.05) is 4.90 Å². The zero-order valence-corrected chi connectivity index (χ0v) is 17.8. The maximum atomic E-state index is 13.2. The van der Waals surface area contributed by atoms with Crippen LogP contribution in [0.3, 0.4) is 0 Å². The van der Waals surface area contributed by atoms with Crippen LogP contribution in [-0.2, 0) is 12.7 Å². The van der Waals surface area contributed by atoms with Gasteiger partial charge in [0.1, 0.15) is 11.5 Å². The summed E-state index contributed by atoms with van der Waals surface area (Å²) in [5, 5.41) is 13.0. The summed E-state index contributed by atoms with van der Waals surface area (Å²) in [5.74, 6) is 0.283. The van der Waals surface area contributed by atoms with E-state index >= 15 is 0 Å².